The molecule has 0 amide bonds. The fourth-order valence-corrected chi connectivity index (χ4v) is 3.10. The number of hydrazine groups is 1. The zero-order valence-electron chi connectivity index (χ0n) is 10.4. The van der Waals surface area contributed by atoms with Crippen molar-refractivity contribution in [3.8, 4) is 0 Å². The van der Waals surface area contributed by atoms with Gasteiger partial charge < -0.3 is 4.74 Å². The number of nitrogens with one attached hydrogen (secondary N) is 1. The number of methoxy groups -OCH3 is 1. The standard InChI is InChI=1S/C13H18Cl2N2O/c1-18-13(6-3-7-13)12(17-16)8-9-10(14)4-2-5-11(9)15/h2,4-5,12,17H,3,6-8,16H2,1H3. The van der Waals surface area contributed by atoms with E-state index in [0.29, 0.717) is 16.5 Å². The van der Waals surface area contributed by atoms with Crippen LogP contribution in [-0.2, 0) is 11.2 Å². The van der Waals surface area contributed by atoms with Gasteiger partial charge in [-0.05, 0) is 43.4 Å². The van der Waals surface area contributed by atoms with Gasteiger partial charge in [0, 0.05) is 17.2 Å². The Hall–Kier alpha value is -0.320. The van der Waals surface area contributed by atoms with E-state index >= 15 is 0 Å². The summed E-state index contributed by atoms with van der Waals surface area (Å²) in [6.45, 7) is 0. The zero-order valence-corrected chi connectivity index (χ0v) is 11.9. The highest BCUT2D eigenvalue weighted by Crippen LogP contribution is 2.40. The highest BCUT2D eigenvalue weighted by molar-refractivity contribution is 6.36. The molecule has 18 heavy (non-hydrogen) atoms. The van der Waals surface area contributed by atoms with Crippen molar-refractivity contribution < 1.29 is 4.74 Å². The van der Waals surface area contributed by atoms with Gasteiger partial charge in [0.2, 0.25) is 0 Å². The van der Waals surface area contributed by atoms with Crippen molar-refractivity contribution in [1.82, 2.24) is 5.43 Å². The van der Waals surface area contributed by atoms with Gasteiger partial charge in [0.15, 0.2) is 0 Å². The molecular weight excluding hydrogens is 271 g/mol. The summed E-state index contributed by atoms with van der Waals surface area (Å²) in [7, 11) is 1.73. The molecule has 2 rings (SSSR count). The molecule has 1 saturated carbocycles. The van der Waals surface area contributed by atoms with Crippen molar-refractivity contribution >= 4 is 23.2 Å². The topological polar surface area (TPSA) is 47.3 Å². The van der Waals surface area contributed by atoms with Gasteiger partial charge in [-0.25, -0.2) is 0 Å². The second-order valence-electron chi connectivity index (χ2n) is 4.75. The minimum atomic E-state index is -0.183. The second kappa shape index (κ2) is 5.76. The lowest BCUT2D eigenvalue weighted by atomic mass is 9.73. The van der Waals surface area contributed by atoms with Crippen LogP contribution in [0.15, 0.2) is 18.2 Å². The van der Waals surface area contributed by atoms with Gasteiger partial charge in [0.05, 0.1) is 11.6 Å². The first kappa shape index (κ1) is 14.1. The summed E-state index contributed by atoms with van der Waals surface area (Å²) in [5, 5.41) is 1.35. The molecule has 0 saturated heterocycles. The van der Waals surface area contributed by atoms with E-state index in [0.717, 1.165) is 18.4 Å². The Balaban J connectivity index is 2.20. The Kier molecular flexibility index (Phi) is 4.51. The maximum absolute atomic E-state index is 6.19. The van der Waals surface area contributed by atoms with Gasteiger partial charge in [-0.2, -0.15) is 0 Å². The number of hydrogen-bond acceptors (Lipinski definition) is 3. The molecule has 5 heteroatoms. The quantitative estimate of drug-likeness (QED) is 0.647. The maximum Gasteiger partial charge on any atom is 0.0847 e. The Morgan fingerprint density at radius 1 is 1.39 bits per heavy atom. The van der Waals surface area contributed by atoms with Gasteiger partial charge in [0.1, 0.15) is 0 Å². The fraction of sp³-hybridized carbons (Fsp3) is 0.538. The molecule has 100 valence electrons. The minimum Gasteiger partial charge on any atom is -0.377 e. The molecule has 0 bridgehead atoms. The average Bonchev–Trinajstić information content (AvgIpc) is 2.30. The second-order valence-corrected chi connectivity index (χ2v) is 5.56. The highest BCUT2D eigenvalue weighted by Gasteiger charge is 2.44. The third-order valence-electron chi connectivity index (χ3n) is 3.91. The Bertz CT molecular complexity index is 396. The summed E-state index contributed by atoms with van der Waals surface area (Å²) >= 11 is 12.4. The molecule has 1 aliphatic carbocycles. The summed E-state index contributed by atoms with van der Waals surface area (Å²) in [5.74, 6) is 5.68. The van der Waals surface area contributed by atoms with Crippen molar-refractivity contribution in [3.05, 3.63) is 33.8 Å². The molecule has 0 aromatic heterocycles. The van der Waals surface area contributed by atoms with Crippen LogP contribution < -0.4 is 11.3 Å². The number of rotatable bonds is 5. The summed E-state index contributed by atoms with van der Waals surface area (Å²) in [5.41, 5.74) is 3.60. The van der Waals surface area contributed by atoms with Crippen molar-refractivity contribution in [3.63, 3.8) is 0 Å². The maximum atomic E-state index is 6.19. The van der Waals surface area contributed by atoms with E-state index < -0.39 is 0 Å². The Morgan fingerprint density at radius 2 is 2.00 bits per heavy atom. The van der Waals surface area contributed by atoms with E-state index in [1.54, 1.807) is 7.11 Å². The lowest BCUT2D eigenvalue weighted by Gasteiger charge is -2.46. The third-order valence-corrected chi connectivity index (χ3v) is 4.62. The van der Waals surface area contributed by atoms with Crippen LogP contribution in [0.5, 0.6) is 0 Å². The van der Waals surface area contributed by atoms with Crippen LogP contribution >= 0.6 is 23.2 Å². The predicted octanol–water partition coefficient (Wildman–Crippen LogP) is 2.94. The molecular formula is C13H18Cl2N2O. The number of halogens is 2. The lowest BCUT2D eigenvalue weighted by Crippen LogP contribution is -2.59. The van der Waals surface area contributed by atoms with Crippen molar-refractivity contribution in [2.45, 2.75) is 37.3 Å². The van der Waals surface area contributed by atoms with E-state index in [4.69, 9.17) is 33.8 Å². The van der Waals surface area contributed by atoms with E-state index in [1.165, 1.54) is 6.42 Å². The minimum absolute atomic E-state index is 0.0219. The molecule has 1 atom stereocenters. The van der Waals surface area contributed by atoms with Crippen molar-refractivity contribution in [1.29, 1.82) is 0 Å². The first-order chi connectivity index (χ1) is 8.63. The number of benzene rings is 1. The van der Waals surface area contributed by atoms with Crippen molar-refractivity contribution in [2.75, 3.05) is 7.11 Å². The fourth-order valence-electron chi connectivity index (χ4n) is 2.55. The normalized spacial score (nSPS) is 19.3. The molecule has 0 aliphatic heterocycles. The van der Waals surface area contributed by atoms with Crippen LogP contribution in [0.1, 0.15) is 24.8 Å². The molecule has 3 N–H and O–H groups in total. The monoisotopic (exact) mass is 288 g/mol. The molecule has 1 aromatic carbocycles. The van der Waals surface area contributed by atoms with E-state index in [9.17, 15) is 0 Å². The van der Waals surface area contributed by atoms with E-state index in [1.807, 2.05) is 18.2 Å². The summed E-state index contributed by atoms with van der Waals surface area (Å²) in [6, 6.07) is 5.55. The molecule has 1 aliphatic rings. The van der Waals surface area contributed by atoms with Crippen LogP contribution in [0.3, 0.4) is 0 Å². The number of hydrogen-bond donors (Lipinski definition) is 2. The molecule has 3 nitrogen and oxygen atoms in total. The molecule has 0 heterocycles. The Labute approximate surface area is 118 Å². The summed E-state index contributed by atoms with van der Waals surface area (Å²) < 4.78 is 5.65. The Morgan fingerprint density at radius 3 is 2.39 bits per heavy atom. The smallest absolute Gasteiger partial charge is 0.0847 e. The first-order valence-electron chi connectivity index (χ1n) is 6.07. The molecule has 1 unspecified atom stereocenters. The van der Waals surface area contributed by atoms with Gasteiger partial charge in [-0.3, -0.25) is 11.3 Å². The number of nitrogens with two attached hydrogens (primary N) is 1. The van der Waals surface area contributed by atoms with E-state index in [2.05, 4.69) is 5.43 Å². The number of ether oxygens (including phenoxy) is 1. The largest absolute Gasteiger partial charge is 0.377 e. The van der Waals surface area contributed by atoms with Gasteiger partial charge in [0.25, 0.3) is 0 Å². The van der Waals surface area contributed by atoms with Crippen LogP contribution in [0.4, 0.5) is 0 Å². The SMILES string of the molecule is COC1(C(Cc2c(Cl)cccc2Cl)NN)CCC1. The first-order valence-corrected chi connectivity index (χ1v) is 6.83. The van der Waals surface area contributed by atoms with Gasteiger partial charge in [-0.1, -0.05) is 29.3 Å². The molecule has 0 radical (unpaired) electrons. The summed E-state index contributed by atoms with van der Waals surface area (Å²) in [6.07, 6.45) is 3.87. The van der Waals surface area contributed by atoms with Crippen molar-refractivity contribution in [2.24, 2.45) is 5.84 Å². The highest BCUT2D eigenvalue weighted by atomic mass is 35.5. The average molecular weight is 289 g/mol. The van der Waals surface area contributed by atoms with Crippen LogP contribution in [0, 0.1) is 0 Å². The predicted molar refractivity (Wildman–Crippen MR) is 74.9 cm³/mol. The lowest BCUT2D eigenvalue weighted by molar-refractivity contribution is -0.0981. The van der Waals surface area contributed by atoms with Crippen LogP contribution in [0.2, 0.25) is 10.0 Å². The van der Waals surface area contributed by atoms with E-state index in [-0.39, 0.29) is 11.6 Å². The summed E-state index contributed by atoms with van der Waals surface area (Å²) in [4.78, 5) is 0. The molecule has 1 aromatic rings. The van der Waals surface area contributed by atoms with Gasteiger partial charge >= 0.3 is 0 Å². The molecule has 0 spiro atoms. The van der Waals surface area contributed by atoms with Gasteiger partial charge in [-0.15, -0.1) is 0 Å². The molecule has 1 fully saturated rings. The van der Waals surface area contributed by atoms with Crippen LogP contribution in [0.25, 0.3) is 0 Å². The van der Waals surface area contributed by atoms with Crippen LogP contribution in [-0.4, -0.2) is 18.8 Å². The third kappa shape index (κ3) is 2.51. The zero-order chi connectivity index (χ0) is 13.2.